The molecule has 0 amide bonds. The number of benzene rings is 2. The van der Waals surface area contributed by atoms with Crippen LogP contribution >= 0.6 is 0 Å². The van der Waals surface area contributed by atoms with Gasteiger partial charge < -0.3 is 15.7 Å². The number of hydrogen-bond acceptors (Lipinski definition) is 5. The van der Waals surface area contributed by atoms with Crippen LogP contribution in [0, 0.1) is 0 Å². The van der Waals surface area contributed by atoms with Gasteiger partial charge in [-0.1, -0.05) is 42.5 Å². The molecule has 0 aliphatic heterocycles. The standard InChI is InChI=1S/C19H18N4O2/c24-19(25)15-8-4-5-9-16(15)23-18-12-17(21-13-22-18)20-11-10-14-6-2-1-3-7-14/h1-9,12-13H,10-11H2,(H,24,25)(H2,20,21,22,23). The van der Waals surface area contributed by atoms with E-state index in [-0.39, 0.29) is 5.56 Å². The SMILES string of the molecule is O=C(O)c1ccccc1Nc1cc(NCCc2ccccc2)ncn1. The second-order valence-corrected chi connectivity index (χ2v) is 5.43. The second kappa shape index (κ2) is 7.92. The molecule has 3 aromatic rings. The van der Waals surface area contributed by atoms with Gasteiger partial charge in [-0.2, -0.15) is 0 Å². The number of para-hydroxylation sites is 1. The molecule has 25 heavy (non-hydrogen) atoms. The number of hydrogen-bond donors (Lipinski definition) is 3. The first kappa shape index (κ1) is 16.4. The summed E-state index contributed by atoms with van der Waals surface area (Å²) in [7, 11) is 0. The van der Waals surface area contributed by atoms with Crippen LogP contribution in [0.5, 0.6) is 0 Å². The minimum Gasteiger partial charge on any atom is -0.478 e. The van der Waals surface area contributed by atoms with Gasteiger partial charge in [0.25, 0.3) is 0 Å². The van der Waals surface area contributed by atoms with Gasteiger partial charge in [-0.05, 0) is 24.1 Å². The summed E-state index contributed by atoms with van der Waals surface area (Å²) in [5.41, 5.74) is 1.93. The Bertz CT molecular complexity index is 853. The maximum Gasteiger partial charge on any atom is 0.337 e. The zero-order valence-corrected chi connectivity index (χ0v) is 13.5. The van der Waals surface area contributed by atoms with Crippen molar-refractivity contribution in [3.63, 3.8) is 0 Å². The highest BCUT2D eigenvalue weighted by Gasteiger charge is 2.09. The van der Waals surface area contributed by atoms with Crippen LogP contribution < -0.4 is 10.6 Å². The minimum atomic E-state index is -0.988. The van der Waals surface area contributed by atoms with E-state index in [2.05, 4.69) is 32.7 Å². The van der Waals surface area contributed by atoms with Gasteiger partial charge in [0.15, 0.2) is 0 Å². The van der Waals surface area contributed by atoms with Crippen molar-refractivity contribution in [1.29, 1.82) is 0 Å². The third kappa shape index (κ3) is 4.54. The zero-order chi connectivity index (χ0) is 17.5. The van der Waals surface area contributed by atoms with E-state index in [4.69, 9.17) is 0 Å². The molecular weight excluding hydrogens is 316 g/mol. The Balaban J connectivity index is 1.65. The molecule has 0 bridgehead atoms. The molecule has 0 radical (unpaired) electrons. The fraction of sp³-hybridized carbons (Fsp3) is 0.105. The molecule has 0 saturated carbocycles. The van der Waals surface area contributed by atoms with Crippen LogP contribution in [0.25, 0.3) is 0 Å². The lowest BCUT2D eigenvalue weighted by molar-refractivity contribution is 0.0698. The average molecular weight is 334 g/mol. The molecule has 3 N–H and O–H groups in total. The van der Waals surface area contributed by atoms with Crippen molar-refractivity contribution in [2.75, 3.05) is 17.2 Å². The van der Waals surface area contributed by atoms with Crippen LogP contribution in [0.4, 0.5) is 17.3 Å². The van der Waals surface area contributed by atoms with E-state index in [1.165, 1.54) is 11.9 Å². The molecule has 126 valence electrons. The highest BCUT2D eigenvalue weighted by Crippen LogP contribution is 2.20. The number of anilines is 3. The normalized spacial score (nSPS) is 10.2. The highest BCUT2D eigenvalue weighted by atomic mass is 16.4. The van der Waals surface area contributed by atoms with Gasteiger partial charge in [0.2, 0.25) is 0 Å². The summed E-state index contributed by atoms with van der Waals surface area (Å²) in [5, 5.41) is 15.5. The number of rotatable bonds is 7. The van der Waals surface area contributed by atoms with Gasteiger partial charge >= 0.3 is 5.97 Å². The number of nitrogens with zero attached hydrogens (tertiary/aromatic N) is 2. The third-order valence-corrected chi connectivity index (χ3v) is 3.65. The predicted molar refractivity (Wildman–Crippen MR) is 97.4 cm³/mol. The molecule has 0 atom stereocenters. The van der Waals surface area contributed by atoms with Crippen molar-refractivity contribution in [2.45, 2.75) is 6.42 Å². The van der Waals surface area contributed by atoms with E-state index in [1.807, 2.05) is 18.2 Å². The molecule has 1 heterocycles. The first-order chi connectivity index (χ1) is 12.2. The van der Waals surface area contributed by atoms with Crippen LogP contribution in [0.15, 0.2) is 67.0 Å². The summed E-state index contributed by atoms with van der Waals surface area (Å²) in [6.45, 7) is 0.742. The molecule has 0 spiro atoms. The number of carbonyl (C=O) groups is 1. The highest BCUT2D eigenvalue weighted by molar-refractivity contribution is 5.95. The molecule has 0 saturated heterocycles. The van der Waals surface area contributed by atoms with Crippen LogP contribution in [0.1, 0.15) is 15.9 Å². The molecule has 0 aliphatic carbocycles. The lowest BCUT2D eigenvalue weighted by atomic mass is 10.1. The predicted octanol–water partition coefficient (Wildman–Crippen LogP) is 3.57. The van der Waals surface area contributed by atoms with E-state index < -0.39 is 5.97 Å². The Morgan fingerprint density at radius 2 is 1.68 bits per heavy atom. The lowest BCUT2D eigenvalue weighted by Gasteiger charge is -2.10. The number of carboxylic acid groups (broad SMARTS) is 1. The van der Waals surface area contributed by atoms with Crippen LogP contribution in [-0.4, -0.2) is 27.6 Å². The summed E-state index contributed by atoms with van der Waals surface area (Å²) in [6, 6.07) is 18.6. The second-order valence-electron chi connectivity index (χ2n) is 5.43. The van der Waals surface area contributed by atoms with Crippen molar-refractivity contribution in [3.05, 3.63) is 78.1 Å². The van der Waals surface area contributed by atoms with Gasteiger partial charge in [0.1, 0.15) is 18.0 Å². The Kier molecular flexibility index (Phi) is 5.21. The van der Waals surface area contributed by atoms with Crippen LogP contribution in [0.2, 0.25) is 0 Å². The molecule has 0 unspecified atom stereocenters. The van der Waals surface area contributed by atoms with Crippen LogP contribution in [0.3, 0.4) is 0 Å². The quantitative estimate of drug-likeness (QED) is 0.612. The maximum absolute atomic E-state index is 11.3. The van der Waals surface area contributed by atoms with Gasteiger partial charge in [-0.3, -0.25) is 0 Å². The average Bonchev–Trinajstić information content (AvgIpc) is 2.63. The van der Waals surface area contributed by atoms with Gasteiger partial charge in [0.05, 0.1) is 11.3 Å². The van der Waals surface area contributed by atoms with Crippen molar-refractivity contribution in [1.82, 2.24) is 9.97 Å². The summed E-state index contributed by atoms with van der Waals surface area (Å²) >= 11 is 0. The van der Waals surface area contributed by atoms with E-state index in [0.717, 1.165) is 13.0 Å². The molecule has 0 aliphatic rings. The summed E-state index contributed by atoms with van der Waals surface area (Å²) in [6.07, 6.45) is 2.33. The number of aromatic nitrogens is 2. The Labute approximate surface area is 145 Å². The minimum absolute atomic E-state index is 0.194. The molecule has 6 nitrogen and oxygen atoms in total. The fourth-order valence-corrected chi connectivity index (χ4v) is 2.42. The molecule has 1 aromatic heterocycles. The molecule has 6 heteroatoms. The molecule has 2 aromatic carbocycles. The Morgan fingerprint density at radius 3 is 2.48 bits per heavy atom. The Morgan fingerprint density at radius 1 is 0.960 bits per heavy atom. The van der Waals surface area contributed by atoms with E-state index in [1.54, 1.807) is 30.3 Å². The summed E-state index contributed by atoms with van der Waals surface area (Å²) in [4.78, 5) is 19.6. The van der Waals surface area contributed by atoms with Crippen molar-refractivity contribution >= 4 is 23.3 Å². The van der Waals surface area contributed by atoms with Gasteiger partial charge in [-0.15, -0.1) is 0 Å². The van der Waals surface area contributed by atoms with Gasteiger partial charge in [0, 0.05) is 12.6 Å². The molecule has 3 rings (SSSR count). The number of carboxylic acids is 1. The first-order valence-electron chi connectivity index (χ1n) is 7.91. The smallest absolute Gasteiger partial charge is 0.337 e. The summed E-state index contributed by atoms with van der Waals surface area (Å²) < 4.78 is 0. The first-order valence-corrected chi connectivity index (χ1v) is 7.91. The van der Waals surface area contributed by atoms with Gasteiger partial charge in [-0.25, -0.2) is 14.8 Å². The van der Waals surface area contributed by atoms with E-state index in [9.17, 15) is 9.90 Å². The topological polar surface area (TPSA) is 87.1 Å². The third-order valence-electron chi connectivity index (χ3n) is 3.65. The number of nitrogens with one attached hydrogen (secondary N) is 2. The van der Waals surface area contributed by atoms with Crippen LogP contribution in [-0.2, 0) is 6.42 Å². The van der Waals surface area contributed by atoms with E-state index in [0.29, 0.717) is 17.3 Å². The fourth-order valence-electron chi connectivity index (χ4n) is 2.42. The van der Waals surface area contributed by atoms with Crippen molar-refractivity contribution in [3.8, 4) is 0 Å². The van der Waals surface area contributed by atoms with Crippen molar-refractivity contribution in [2.24, 2.45) is 0 Å². The Hall–Kier alpha value is -3.41. The summed E-state index contributed by atoms with van der Waals surface area (Å²) in [5.74, 6) is 0.227. The van der Waals surface area contributed by atoms with E-state index >= 15 is 0 Å². The monoisotopic (exact) mass is 334 g/mol. The molecule has 0 fully saturated rings. The largest absolute Gasteiger partial charge is 0.478 e. The lowest BCUT2D eigenvalue weighted by Crippen LogP contribution is -2.08. The zero-order valence-electron chi connectivity index (χ0n) is 13.5. The maximum atomic E-state index is 11.3. The molecular formula is C19H18N4O2. The number of aromatic carboxylic acids is 1. The van der Waals surface area contributed by atoms with Crippen molar-refractivity contribution < 1.29 is 9.90 Å².